The summed E-state index contributed by atoms with van der Waals surface area (Å²) >= 11 is 11.1. The molecule has 5 heteroatoms. The second-order valence-electron chi connectivity index (χ2n) is 5.31. The van der Waals surface area contributed by atoms with Crippen molar-refractivity contribution in [3.63, 3.8) is 0 Å². The number of halogens is 1. The molecule has 0 radical (unpaired) electrons. The standard InChI is InChI=1S/C14H19ClN2OS/c1-17(9-14(18)6-2-3-7-14)12-8-10(15)4-5-11(12)13(16)19/h4-5,8,18H,2-3,6-7,9H2,1H3,(H2,16,19). The van der Waals surface area contributed by atoms with Gasteiger partial charge in [0.2, 0.25) is 0 Å². The molecule has 1 aromatic rings. The minimum atomic E-state index is -0.607. The molecule has 19 heavy (non-hydrogen) atoms. The van der Waals surface area contributed by atoms with Crippen molar-refractivity contribution in [2.45, 2.75) is 31.3 Å². The van der Waals surface area contributed by atoms with Gasteiger partial charge in [-0.2, -0.15) is 0 Å². The fourth-order valence-corrected chi connectivity index (χ4v) is 3.09. The van der Waals surface area contributed by atoms with Crippen LogP contribution < -0.4 is 10.6 Å². The van der Waals surface area contributed by atoms with Crippen molar-refractivity contribution in [3.05, 3.63) is 28.8 Å². The Morgan fingerprint density at radius 3 is 2.68 bits per heavy atom. The maximum Gasteiger partial charge on any atom is 0.106 e. The number of hydrogen-bond donors (Lipinski definition) is 2. The number of nitrogens with two attached hydrogens (primary N) is 1. The van der Waals surface area contributed by atoms with Crippen LogP contribution in [-0.4, -0.2) is 29.3 Å². The smallest absolute Gasteiger partial charge is 0.106 e. The first kappa shape index (κ1) is 14.6. The molecular formula is C14H19ClN2OS. The Hall–Kier alpha value is -0.840. The molecule has 0 aliphatic heterocycles. The molecule has 0 bridgehead atoms. The molecule has 0 unspecified atom stereocenters. The summed E-state index contributed by atoms with van der Waals surface area (Å²) in [5.74, 6) is 0. The first-order valence-electron chi connectivity index (χ1n) is 6.44. The van der Waals surface area contributed by atoms with Crippen molar-refractivity contribution in [1.29, 1.82) is 0 Å². The summed E-state index contributed by atoms with van der Waals surface area (Å²) in [6, 6.07) is 5.45. The first-order valence-corrected chi connectivity index (χ1v) is 7.23. The van der Waals surface area contributed by atoms with E-state index in [4.69, 9.17) is 29.6 Å². The molecule has 0 heterocycles. The van der Waals surface area contributed by atoms with Crippen molar-refractivity contribution in [1.82, 2.24) is 0 Å². The quantitative estimate of drug-likeness (QED) is 0.839. The lowest BCUT2D eigenvalue weighted by molar-refractivity contribution is 0.0559. The van der Waals surface area contributed by atoms with E-state index in [1.54, 1.807) is 6.07 Å². The third kappa shape index (κ3) is 3.38. The Balaban J connectivity index is 2.24. The molecule has 1 fully saturated rings. The van der Waals surface area contributed by atoms with Gasteiger partial charge in [-0.25, -0.2) is 0 Å². The van der Waals surface area contributed by atoms with Gasteiger partial charge in [-0.3, -0.25) is 0 Å². The molecule has 3 N–H and O–H groups in total. The second-order valence-corrected chi connectivity index (χ2v) is 6.19. The molecule has 1 aromatic carbocycles. The van der Waals surface area contributed by atoms with Crippen molar-refractivity contribution in [2.24, 2.45) is 5.73 Å². The van der Waals surface area contributed by atoms with Crippen LogP contribution in [0.1, 0.15) is 31.2 Å². The van der Waals surface area contributed by atoms with E-state index in [1.807, 2.05) is 24.1 Å². The minimum absolute atomic E-state index is 0.344. The van der Waals surface area contributed by atoms with Gasteiger partial charge in [0, 0.05) is 29.9 Å². The Kier molecular flexibility index (Phi) is 4.33. The van der Waals surface area contributed by atoms with Gasteiger partial charge in [-0.15, -0.1) is 0 Å². The maximum absolute atomic E-state index is 10.5. The Morgan fingerprint density at radius 1 is 1.47 bits per heavy atom. The van der Waals surface area contributed by atoms with E-state index in [0.29, 0.717) is 16.6 Å². The van der Waals surface area contributed by atoms with Crippen LogP contribution in [-0.2, 0) is 0 Å². The molecule has 0 spiro atoms. The first-order chi connectivity index (χ1) is 8.91. The number of anilines is 1. The van der Waals surface area contributed by atoms with E-state index >= 15 is 0 Å². The minimum Gasteiger partial charge on any atom is -0.389 e. The fraction of sp³-hybridized carbons (Fsp3) is 0.500. The zero-order valence-corrected chi connectivity index (χ0v) is 12.6. The van der Waals surface area contributed by atoms with E-state index < -0.39 is 5.60 Å². The Morgan fingerprint density at radius 2 is 2.11 bits per heavy atom. The van der Waals surface area contributed by atoms with E-state index in [9.17, 15) is 5.11 Å². The molecule has 0 amide bonds. The lowest BCUT2D eigenvalue weighted by atomic mass is 10.0. The van der Waals surface area contributed by atoms with Gasteiger partial charge in [0.05, 0.1) is 5.60 Å². The van der Waals surface area contributed by atoms with Crippen LogP contribution in [0.3, 0.4) is 0 Å². The number of hydrogen-bond acceptors (Lipinski definition) is 3. The topological polar surface area (TPSA) is 49.5 Å². The van der Waals surface area contributed by atoms with Gasteiger partial charge >= 0.3 is 0 Å². The zero-order chi connectivity index (χ0) is 14.0. The SMILES string of the molecule is CN(CC1(O)CCCC1)c1cc(Cl)ccc1C(N)=S. The summed E-state index contributed by atoms with van der Waals surface area (Å²) in [7, 11) is 1.93. The van der Waals surface area contributed by atoms with Crippen LogP contribution in [0.4, 0.5) is 5.69 Å². The molecule has 0 saturated heterocycles. The summed E-state index contributed by atoms with van der Waals surface area (Å²) in [5, 5.41) is 11.1. The molecule has 2 rings (SSSR count). The van der Waals surface area contributed by atoms with Crippen LogP contribution in [0.2, 0.25) is 5.02 Å². The molecule has 104 valence electrons. The normalized spacial score (nSPS) is 17.4. The number of aliphatic hydroxyl groups is 1. The van der Waals surface area contributed by atoms with Gasteiger partial charge in [0.15, 0.2) is 0 Å². The van der Waals surface area contributed by atoms with Crippen LogP contribution in [0.15, 0.2) is 18.2 Å². The zero-order valence-electron chi connectivity index (χ0n) is 11.0. The molecule has 1 aliphatic rings. The van der Waals surface area contributed by atoms with Gasteiger partial charge in [0.25, 0.3) is 0 Å². The number of likely N-dealkylation sites (N-methyl/N-ethyl adjacent to an activating group) is 1. The van der Waals surface area contributed by atoms with Crippen molar-refractivity contribution < 1.29 is 5.11 Å². The molecule has 1 aliphatic carbocycles. The molecular weight excluding hydrogens is 280 g/mol. The number of rotatable bonds is 4. The summed E-state index contributed by atoms with van der Waals surface area (Å²) in [6.45, 7) is 0.572. The predicted octanol–water partition coefficient (Wildman–Crippen LogP) is 2.72. The lowest BCUT2D eigenvalue weighted by Crippen LogP contribution is -2.39. The summed E-state index contributed by atoms with van der Waals surface area (Å²) in [6.07, 6.45) is 3.87. The molecule has 1 saturated carbocycles. The fourth-order valence-electron chi connectivity index (χ4n) is 2.75. The van der Waals surface area contributed by atoms with Gasteiger partial charge in [-0.05, 0) is 31.0 Å². The van der Waals surface area contributed by atoms with E-state index in [2.05, 4.69) is 0 Å². The number of nitrogens with zero attached hydrogens (tertiary/aromatic N) is 1. The predicted molar refractivity (Wildman–Crippen MR) is 84.0 cm³/mol. The third-order valence-corrected chi connectivity index (χ3v) is 4.16. The Bertz CT molecular complexity index is 486. The van der Waals surface area contributed by atoms with Gasteiger partial charge < -0.3 is 15.7 Å². The summed E-state index contributed by atoms with van der Waals surface area (Å²) < 4.78 is 0. The highest BCUT2D eigenvalue weighted by molar-refractivity contribution is 7.80. The maximum atomic E-state index is 10.5. The third-order valence-electron chi connectivity index (χ3n) is 3.70. The number of benzene rings is 1. The number of thiocarbonyl (C=S) groups is 1. The molecule has 3 nitrogen and oxygen atoms in total. The monoisotopic (exact) mass is 298 g/mol. The van der Waals surface area contributed by atoms with E-state index in [-0.39, 0.29) is 0 Å². The van der Waals surface area contributed by atoms with Crippen molar-refractivity contribution in [2.75, 3.05) is 18.5 Å². The largest absolute Gasteiger partial charge is 0.389 e. The summed E-state index contributed by atoms with van der Waals surface area (Å²) in [4.78, 5) is 2.34. The molecule has 0 aromatic heterocycles. The van der Waals surface area contributed by atoms with Gasteiger partial charge in [0.1, 0.15) is 4.99 Å². The van der Waals surface area contributed by atoms with Crippen LogP contribution in [0.25, 0.3) is 0 Å². The average molecular weight is 299 g/mol. The van der Waals surface area contributed by atoms with E-state index in [0.717, 1.165) is 36.9 Å². The van der Waals surface area contributed by atoms with Gasteiger partial charge in [-0.1, -0.05) is 36.7 Å². The van der Waals surface area contributed by atoms with Crippen LogP contribution in [0, 0.1) is 0 Å². The average Bonchev–Trinajstić information content (AvgIpc) is 2.75. The summed E-state index contributed by atoms with van der Waals surface area (Å²) in [5.41, 5.74) is 6.81. The van der Waals surface area contributed by atoms with Crippen molar-refractivity contribution in [3.8, 4) is 0 Å². The lowest BCUT2D eigenvalue weighted by Gasteiger charge is -2.31. The van der Waals surface area contributed by atoms with Crippen LogP contribution >= 0.6 is 23.8 Å². The highest BCUT2D eigenvalue weighted by Gasteiger charge is 2.32. The highest BCUT2D eigenvalue weighted by Crippen LogP contribution is 2.32. The van der Waals surface area contributed by atoms with E-state index in [1.165, 1.54) is 0 Å². The Labute approximate surface area is 124 Å². The molecule has 0 atom stereocenters. The van der Waals surface area contributed by atoms with Crippen molar-refractivity contribution >= 4 is 34.5 Å². The van der Waals surface area contributed by atoms with Crippen LogP contribution in [0.5, 0.6) is 0 Å². The highest BCUT2D eigenvalue weighted by atomic mass is 35.5. The second kappa shape index (κ2) is 5.65.